The van der Waals surface area contributed by atoms with Crippen molar-refractivity contribution in [3.63, 3.8) is 0 Å². The summed E-state index contributed by atoms with van der Waals surface area (Å²) in [4.78, 5) is 32.5. The molecule has 1 N–H and O–H groups in total. The Hall–Kier alpha value is -3.33. The van der Waals surface area contributed by atoms with Crippen molar-refractivity contribution in [1.29, 1.82) is 0 Å². The van der Waals surface area contributed by atoms with Gasteiger partial charge in [0.25, 0.3) is 0 Å². The summed E-state index contributed by atoms with van der Waals surface area (Å²) < 4.78 is 33.0. The second-order valence-corrected chi connectivity index (χ2v) is 6.96. The van der Waals surface area contributed by atoms with Gasteiger partial charge in [-0.25, -0.2) is 23.5 Å². The van der Waals surface area contributed by atoms with Gasteiger partial charge >= 0.3 is 5.97 Å². The summed E-state index contributed by atoms with van der Waals surface area (Å²) in [7, 11) is 1.26. The van der Waals surface area contributed by atoms with E-state index in [1.807, 2.05) is 0 Å². The van der Waals surface area contributed by atoms with Crippen molar-refractivity contribution in [2.45, 2.75) is 12.1 Å². The number of hydrogen-bond donors (Lipinski definition) is 1. The molecule has 0 amide bonds. The molecular weight excluding hydrogens is 412 g/mol. The summed E-state index contributed by atoms with van der Waals surface area (Å²) in [5.74, 6) is -2.26. The van der Waals surface area contributed by atoms with E-state index in [0.29, 0.717) is 11.8 Å². The van der Waals surface area contributed by atoms with E-state index < -0.39 is 23.3 Å². The van der Waals surface area contributed by atoms with E-state index in [1.165, 1.54) is 24.9 Å². The normalized spacial score (nSPS) is 10.6. The molecule has 2 aromatic carbocycles. The molecule has 3 rings (SSSR count). The van der Waals surface area contributed by atoms with Crippen LogP contribution in [0.1, 0.15) is 26.3 Å². The number of thioether (sulfide) groups is 1. The van der Waals surface area contributed by atoms with Crippen LogP contribution in [-0.4, -0.2) is 35.6 Å². The molecule has 0 unspecified atom stereocenters. The Balaban J connectivity index is 2.23. The first-order valence-corrected chi connectivity index (χ1v) is 9.93. The monoisotopic (exact) mass is 429 g/mol. The zero-order valence-electron chi connectivity index (χ0n) is 16.3. The minimum Gasteiger partial charge on any atom is -0.465 e. The number of nitrogens with zero attached hydrogens (tertiary/aromatic N) is 2. The van der Waals surface area contributed by atoms with Crippen LogP contribution in [0.3, 0.4) is 0 Å². The highest BCUT2D eigenvalue weighted by Gasteiger charge is 2.20. The van der Waals surface area contributed by atoms with E-state index in [-0.39, 0.29) is 27.8 Å². The molecule has 0 saturated carbocycles. The largest absolute Gasteiger partial charge is 0.465 e. The second-order valence-electron chi connectivity index (χ2n) is 6.18. The lowest BCUT2D eigenvalue weighted by molar-refractivity contribution is 0.0600. The maximum atomic E-state index is 14.1. The maximum absolute atomic E-state index is 14.1. The third-order valence-electron chi connectivity index (χ3n) is 4.35. The van der Waals surface area contributed by atoms with E-state index in [2.05, 4.69) is 15.3 Å². The number of aromatic nitrogens is 2. The van der Waals surface area contributed by atoms with Crippen LogP contribution in [0.25, 0.3) is 11.3 Å². The minimum atomic E-state index is -0.832. The van der Waals surface area contributed by atoms with Crippen molar-refractivity contribution in [2.75, 3.05) is 18.7 Å². The number of anilines is 2. The summed E-state index contributed by atoms with van der Waals surface area (Å²) in [6, 6.07) is 8.25. The number of ether oxygens (including phenoxy) is 1. The molecule has 154 valence electrons. The molecule has 0 aliphatic heterocycles. The third-order valence-corrected chi connectivity index (χ3v) is 4.89. The first-order valence-electron chi connectivity index (χ1n) is 8.71. The van der Waals surface area contributed by atoms with Crippen molar-refractivity contribution in [2.24, 2.45) is 0 Å². The molecule has 0 fully saturated rings. The molecule has 6 nitrogen and oxygen atoms in total. The highest BCUT2D eigenvalue weighted by Crippen LogP contribution is 2.33. The number of hydrogen-bond acceptors (Lipinski definition) is 7. The summed E-state index contributed by atoms with van der Waals surface area (Å²) in [5, 5.41) is 2.85. The second kappa shape index (κ2) is 9.00. The van der Waals surface area contributed by atoms with Crippen LogP contribution >= 0.6 is 11.8 Å². The molecule has 0 aliphatic carbocycles. The van der Waals surface area contributed by atoms with Crippen molar-refractivity contribution in [3.8, 4) is 11.3 Å². The Morgan fingerprint density at radius 2 is 1.87 bits per heavy atom. The Labute approximate surface area is 175 Å². The quantitative estimate of drug-likeness (QED) is 0.261. The maximum Gasteiger partial charge on any atom is 0.337 e. The van der Waals surface area contributed by atoms with E-state index in [9.17, 15) is 18.4 Å². The van der Waals surface area contributed by atoms with Gasteiger partial charge in [-0.2, -0.15) is 0 Å². The van der Waals surface area contributed by atoms with Gasteiger partial charge in [-0.15, -0.1) is 0 Å². The molecule has 1 heterocycles. The smallest absolute Gasteiger partial charge is 0.337 e. The van der Waals surface area contributed by atoms with Crippen LogP contribution in [0.5, 0.6) is 0 Å². The number of benzene rings is 2. The van der Waals surface area contributed by atoms with E-state index in [1.54, 1.807) is 31.4 Å². The molecule has 0 aliphatic rings. The van der Waals surface area contributed by atoms with E-state index in [4.69, 9.17) is 4.74 Å². The Kier molecular flexibility index (Phi) is 6.41. The van der Waals surface area contributed by atoms with Gasteiger partial charge in [0.1, 0.15) is 23.1 Å². The van der Waals surface area contributed by atoms with Crippen molar-refractivity contribution in [1.82, 2.24) is 9.97 Å². The van der Waals surface area contributed by atoms with Gasteiger partial charge in [-0.3, -0.25) is 4.79 Å². The van der Waals surface area contributed by atoms with E-state index >= 15 is 0 Å². The Morgan fingerprint density at radius 1 is 1.17 bits per heavy atom. The minimum absolute atomic E-state index is 0.000527. The topological polar surface area (TPSA) is 81.2 Å². The van der Waals surface area contributed by atoms with Crippen LogP contribution in [-0.2, 0) is 4.74 Å². The molecule has 0 radical (unpaired) electrons. The molecule has 3 aromatic rings. The highest BCUT2D eigenvalue weighted by atomic mass is 32.2. The van der Waals surface area contributed by atoms with Gasteiger partial charge in [0.15, 0.2) is 11.4 Å². The molecule has 0 atom stereocenters. The lowest BCUT2D eigenvalue weighted by Gasteiger charge is -2.15. The Morgan fingerprint density at radius 3 is 2.47 bits per heavy atom. The third kappa shape index (κ3) is 4.16. The van der Waals surface area contributed by atoms with Gasteiger partial charge < -0.3 is 10.1 Å². The summed E-state index contributed by atoms with van der Waals surface area (Å²) in [5.41, 5.74) is 1.30. The number of esters is 1. The summed E-state index contributed by atoms with van der Waals surface area (Å²) in [6.07, 6.45) is 2.23. The zero-order chi connectivity index (χ0) is 21.8. The molecule has 0 spiro atoms. The molecule has 0 bridgehead atoms. The van der Waals surface area contributed by atoms with E-state index in [0.717, 1.165) is 17.7 Å². The number of carbonyl (C=O) groups excluding carboxylic acids is 2. The fraction of sp³-hybridized carbons (Fsp3) is 0.143. The lowest BCUT2D eigenvalue weighted by Crippen LogP contribution is -2.08. The van der Waals surface area contributed by atoms with Gasteiger partial charge in [-0.05, 0) is 43.0 Å². The standard InChI is InChI=1S/C21H17F2N3O3S/c1-11-7-8-12(20(28)29-2)9-13(11)17-14(10-27)19(26-21(25-17)30-3)24-18-15(22)5-4-6-16(18)23/h4-10H,1-3H3,(H,24,25,26). The number of aldehydes is 1. The Bertz CT molecular complexity index is 1120. The number of aryl methyl sites for hydroxylation is 1. The SMILES string of the molecule is COC(=O)c1ccc(C)c(-c2nc(SC)nc(Nc3c(F)cccc3F)c2C=O)c1. The zero-order valence-corrected chi connectivity index (χ0v) is 17.1. The predicted octanol–water partition coefficient (Wildman–Crippen LogP) is 4.79. The number of rotatable bonds is 6. The van der Waals surface area contributed by atoms with Crippen LogP contribution in [0.15, 0.2) is 41.6 Å². The van der Waals surface area contributed by atoms with Crippen LogP contribution in [0, 0.1) is 18.6 Å². The fourth-order valence-electron chi connectivity index (χ4n) is 2.81. The number of halogens is 2. The first kappa shape index (κ1) is 21.4. The van der Waals surface area contributed by atoms with Crippen molar-refractivity contribution < 1.29 is 23.1 Å². The lowest BCUT2D eigenvalue weighted by atomic mass is 9.99. The molecule has 0 saturated heterocycles. The number of para-hydroxylation sites is 1. The average Bonchev–Trinajstić information content (AvgIpc) is 2.75. The van der Waals surface area contributed by atoms with Gasteiger partial charge in [0.2, 0.25) is 0 Å². The molecule has 30 heavy (non-hydrogen) atoms. The summed E-state index contributed by atoms with van der Waals surface area (Å²) in [6.45, 7) is 1.79. The predicted molar refractivity (Wildman–Crippen MR) is 110 cm³/mol. The fourth-order valence-corrected chi connectivity index (χ4v) is 3.18. The molecule has 1 aromatic heterocycles. The number of nitrogens with one attached hydrogen (secondary N) is 1. The molecule has 9 heteroatoms. The van der Waals surface area contributed by atoms with Crippen LogP contribution in [0.2, 0.25) is 0 Å². The van der Waals surface area contributed by atoms with Crippen LogP contribution in [0.4, 0.5) is 20.3 Å². The first-order chi connectivity index (χ1) is 14.4. The van der Waals surface area contributed by atoms with Crippen LogP contribution < -0.4 is 5.32 Å². The van der Waals surface area contributed by atoms with Crippen molar-refractivity contribution in [3.05, 3.63) is 64.7 Å². The van der Waals surface area contributed by atoms with Crippen molar-refractivity contribution >= 4 is 35.5 Å². The van der Waals surface area contributed by atoms with Gasteiger partial charge in [0, 0.05) is 5.56 Å². The highest BCUT2D eigenvalue weighted by molar-refractivity contribution is 7.98. The summed E-state index contributed by atoms with van der Waals surface area (Å²) >= 11 is 1.19. The number of methoxy groups -OCH3 is 1. The number of carbonyl (C=O) groups is 2. The van der Waals surface area contributed by atoms with Gasteiger partial charge in [0.05, 0.1) is 23.9 Å². The van der Waals surface area contributed by atoms with Gasteiger partial charge in [-0.1, -0.05) is 23.9 Å². The average molecular weight is 429 g/mol. The molecular formula is C21H17F2N3O3S.